The van der Waals surface area contributed by atoms with E-state index in [1.165, 1.54) is 27.5 Å². The fourth-order valence-electron chi connectivity index (χ4n) is 2.57. The molecule has 1 nitrogen and oxygen atoms in total. The molecule has 0 spiro atoms. The molecule has 2 aromatic carbocycles. The lowest BCUT2D eigenvalue weighted by Gasteiger charge is -2.13. The van der Waals surface area contributed by atoms with Gasteiger partial charge in [0.05, 0.1) is 0 Å². The molecule has 0 amide bonds. The third kappa shape index (κ3) is 2.42. The Bertz CT molecular complexity index is 694. The van der Waals surface area contributed by atoms with E-state index in [1.54, 1.807) is 11.3 Å². The molecule has 0 aliphatic heterocycles. The summed E-state index contributed by atoms with van der Waals surface area (Å²) < 4.78 is 0. The second kappa shape index (κ2) is 5.16. The zero-order valence-electron chi connectivity index (χ0n) is 11.0. The molecule has 0 fully saturated rings. The zero-order valence-corrected chi connectivity index (χ0v) is 11.8. The van der Waals surface area contributed by atoms with Gasteiger partial charge in [-0.3, -0.25) is 0 Å². The van der Waals surface area contributed by atoms with Gasteiger partial charge in [0.25, 0.3) is 0 Å². The van der Waals surface area contributed by atoms with E-state index >= 15 is 0 Å². The summed E-state index contributed by atoms with van der Waals surface area (Å²) in [5.74, 6) is 0. The minimum atomic E-state index is 0.0806. The van der Waals surface area contributed by atoms with Crippen LogP contribution >= 0.6 is 11.3 Å². The summed E-state index contributed by atoms with van der Waals surface area (Å²) in [6.07, 6.45) is 0.888. The van der Waals surface area contributed by atoms with Gasteiger partial charge in [-0.15, -0.1) is 0 Å². The number of fused-ring (bicyclic) bond motifs is 1. The molecule has 0 aliphatic rings. The highest BCUT2D eigenvalue weighted by atomic mass is 32.1. The Morgan fingerprint density at radius 2 is 1.84 bits per heavy atom. The van der Waals surface area contributed by atoms with E-state index in [-0.39, 0.29) is 6.04 Å². The Morgan fingerprint density at radius 3 is 2.63 bits per heavy atom. The molecule has 2 heteroatoms. The van der Waals surface area contributed by atoms with E-state index in [0.29, 0.717) is 0 Å². The first-order valence-corrected chi connectivity index (χ1v) is 7.45. The topological polar surface area (TPSA) is 26.0 Å². The quantitative estimate of drug-likeness (QED) is 0.745. The maximum atomic E-state index is 6.37. The summed E-state index contributed by atoms with van der Waals surface area (Å²) in [5.41, 5.74) is 10.3. The van der Waals surface area contributed by atoms with Crippen molar-refractivity contribution in [2.24, 2.45) is 5.73 Å². The highest BCUT2D eigenvalue weighted by Gasteiger charge is 2.12. The third-order valence-corrected chi connectivity index (χ3v) is 4.49. The average Bonchev–Trinajstić information content (AvgIpc) is 2.85. The molecule has 19 heavy (non-hydrogen) atoms. The van der Waals surface area contributed by atoms with Crippen LogP contribution in [0.1, 0.15) is 22.7 Å². The molecule has 1 heterocycles. The van der Waals surface area contributed by atoms with Gasteiger partial charge in [0.15, 0.2) is 0 Å². The van der Waals surface area contributed by atoms with Crippen LogP contribution in [0.2, 0.25) is 0 Å². The van der Waals surface area contributed by atoms with Gasteiger partial charge >= 0.3 is 0 Å². The van der Waals surface area contributed by atoms with E-state index < -0.39 is 0 Å². The molecule has 0 saturated carbocycles. The lowest BCUT2D eigenvalue weighted by molar-refractivity contribution is 0.723. The predicted octanol–water partition coefficient (Wildman–Crippen LogP) is 4.45. The molecular formula is C17H17NS. The van der Waals surface area contributed by atoms with Crippen LogP contribution in [0.4, 0.5) is 0 Å². The molecule has 3 rings (SSSR count). The number of hydrogen-bond donors (Lipinski definition) is 1. The van der Waals surface area contributed by atoms with Gasteiger partial charge < -0.3 is 5.73 Å². The normalized spacial score (nSPS) is 12.7. The van der Waals surface area contributed by atoms with Gasteiger partial charge in [-0.25, -0.2) is 0 Å². The highest BCUT2D eigenvalue weighted by Crippen LogP contribution is 2.26. The fraction of sp³-hybridized carbons (Fsp3) is 0.176. The van der Waals surface area contributed by atoms with Crippen LogP contribution in [-0.4, -0.2) is 0 Å². The molecule has 1 atom stereocenters. The van der Waals surface area contributed by atoms with Gasteiger partial charge in [-0.05, 0) is 51.6 Å². The van der Waals surface area contributed by atoms with Crippen molar-refractivity contribution in [1.82, 2.24) is 0 Å². The minimum absolute atomic E-state index is 0.0806. The monoisotopic (exact) mass is 267 g/mol. The maximum Gasteiger partial charge on any atom is 0.0346 e. The van der Waals surface area contributed by atoms with E-state index in [0.717, 1.165) is 6.42 Å². The molecule has 0 aliphatic carbocycles. The molecule has 0 bridgehead atoms. The van der Waals surface area contributed by atoms with Gasteiger partial charge in [-0.1, -0.05) is 42.5 Å². The molecule has 96 valence electrons. The predicted molar refractivity (Wildman–Crippen MR) is 83.6 cm³/mol. The van der Waals surface area contributed by atoms with Crippen LogP contribution < -0.4 is 5.73 Å². The van der Waals surface area contributed by atoms with Crippen LogP contribution in [0.5, 0.6) is 0 Å². The first-order valence-electron chi connectivity index (χ1n) is 6.50. The Hall–Kier alpha value is -1.64. The largest absolute Gasteiger partial charge is 0.324 e. The summed E-state index contributed by atoms with van der Waals surface area (Å²) >= 11 is 1.73. The summed E-state index contributed by atoms with van der Waals surface area (Å²) in [5, 5.41) is 6.94. The smallest absolute Gasteiger partial charge is 0.0346 e. The summed E-state index contributed by atoms with van der Waals surface area (Å²) in [6.45, 7) is 2.13. The number of hydrogen-bond acceptors (Lipinski definition) is 2. The lowest BCUT2D eigenvalue weighted by Crippen LogP contribution is -2.13. The third-order valence-electron chi connectivity index (χ3n) is 3.61. The van der Waals surface area contributed by atoms with E-state index in [1.807, 2.05) is 0 Å². The van der Waals surface area contributed by atoms with Crippen molar-refractivity contribution in [3.63, 3.8) is 0 Å². The van der Waals surface area contributed by atoms with Gasteiger partial charge in [-0.2, -0.15) is 11.3 Å². The van der Waals surface area contributed by atoms with Crippen molar-refractivity contribution in [3.05, 3.63) is 69.9 Å². The number of aryl methyl sites for hydroxylation is 1. The maximum absolute atomic E-state index is 6.37. The highest BCUT2D eigenvalue weighted by molar-refractivity contribution is 7.08. The Labute approximate surface area is 117 Å². The zero-order chi connectivity index (χ0) is 13.2. The van der Waals surface area contributed by atoms with Crippen molar-refractivity contribution >= 4 is 22.1 Å². The van der Waals surface area contributed by atoms with Crippen LogP contribution in [0.3, 0.4) is 0 Å². The molecule has 0 radical (unpaired) electrons. The number of nitrogens with two attached hydrogens (primary N) is 1. The molecule has 3 aromatic rings. The van der Waals surface area contributed by atoms with Gasteiger partial charge in [0.2, 0.25) is 0 Å². The first kappa shape index (κ1) is 12.4. The van der Waals surface area contributed by atoms with Crippen molar-refractivity contribution < 1.29 is 0 Å². The van der Waals surface area contributed by atoms with Crippen molar-refractivity contribution in [3.8, 4) is 0 Å². The Morgan fingerprint density at radius 1 is 1.05 bits per heavy atom. The molecule has 2 N–H and O–H groups in total. The van der Waals surface area contributed by atoms with E-state index in [4.69, 9.17) is 5.73 Å². The fourth-order valence-corrected chi connectivity index (χ4v) is 3.48. The van der Waals surface area contributed by atoms with E-state index in [2.05, 4.69) is 60.1 Å². The summed E-state index contributed by atoms with van der Waals surface area (Å²) in [7, 11) is 0. The van der Waals surface area contributed by atoms with Crippen molar-refractivity contribution in [1.29, 1.82) is 0 Å². The molecule has 1 aromatic heterocycles. The SMILES string of the molecule is Cc1cscc1C(N)Cc1cccc2ccccc12. The molecule has 1 unspecified atom stereocenters. The summed E-state index contributed by atoms with van der Waals surface area (Å²) in [6, 6.07) is 15.0. The van der Waals surface area contributed by atoms with Crippen LogP contribution in [0, 0.1) is 6.92 Å². The standard InChI is InChI=1S/C17H17NS/c1-12-10-19-11-16(12)17(18)9-14-7-4-6-13-5-2-3-8-15(13)14/h2-8,10-11,17H,9,18H2,1H3. The average molecular weight is 267 g/mol. The number of thiophene rings is 1. The summed E-state index contributed by atoms with van der Waals surface area (Å²) in [4.78, 5) is 0. The van der Waals surface area contributed by atoms with Gasteiger partial charge in [0, 0.05) is 6.04 Å². The number of rotatable bonds is 3. The Kier molecular flexibility index (Phi) is 3.36. The van der Waals surface area contributed by atoms with Crippen LogP contribution in [0.15, 0.2) is 53.2 Å². The van der Waals surface area contributed by atoms with E-state index in [9.17, 15) is 0 Å². The van der Waals surface area contributed by atoms with Crippen LogP contribution in [0.25, 0.3) is 10.8 Å². The number of benzene rings is 2. The van der Waals surface area contributed by atoms with Crippen LogP contribution in [-0.2, 0) is 6.42 Å². The molecule has 0 saturated heterocycles. The Balaban J connectivity index is 1.96. The minimum Gasteiger partial charge on any atom is -0.324 e. The van der Waals surface area contributed by atoms with Crippen molar-refractivity contribution in [2.75, 3.05) is 0 Å². The second-order valence-corrected chi connectivity index (χ2v) is 5.70. The second-order valence-electron chi connectivity index (χ2n) is 4.96. The van der Waals surface area contributed by atoms with Crippen molar-refractivity contribution in [2.45, 2.75) is 19.4 Å². The molecular weight excluding hydrogens is 250 g/mol. The van der Waals surface area contributed by atoms with Gasteiger partial charge in [0.1, 0.15) is 0 Å². The lowest BCUT2D eigenvalue weighted by atomic mass is 9.95. The first-order chi connectivity index (χ1) is 9.25.